The maximum Gasteiger partial charge on any atom is 0.253 e. The Kier molecular flexibility index (Phi) is 5.21. The first-order chi connectivity index (χ1) is 14.6. The first-order valence-corrected chi connectivity index (χ1v) is 11.0. The maximum absolute atomic E-state index is 12.9. The molecule has 154 valence electrons. The van der Waals surface area contributed by atoms with E-state index in [2.05, 4.69) is 41.1 Å². The van der Waals surface area contributed by atoms with Crippen LogP contribution in [0.1, 0.15) is 40.6 Å². The molecular weight excluding hydrogens is 419 g/mol. The zero-order valence-electron chi connectivity index (χ0n) is 16.4. The van der Waals surface area contributed by atoms with E-state index in [1.54, 1.807) is 18.2 Å². The summed E-state index contributed by atoms with van der Waals surface area (Å²) in [6, 6.07) is 17.6. The molecule has 1 fully saturated rings. The number of fused-ring (bicyclic) bond motifs is 2. The standard InChI is InChI=1S/C24H22Cl2N2O2/c25-19-8-7-17(14-20(19)26)24(29)27-12-9-16(10-13-27)23-21-5-3-11-28(21)15-18-4-1-2-6-22(18)30-23/h1-8,11,14,16,23H,9-10,12-13,15H2. The molecule has 1 saturated heterocycles. The van der Waals surface area contributed by atoms with E-state index in [-0.39, 0.29) is 12.0 Å². The van der Waals surface area contributed by atoms with Crippen LogP contribution in [-0.2, 0) is 6.54 Å². The summed E-state index contributed by atoms with van der Waals surface area (Å²) in [6.07, 6.45) is 3.90. The minimum absolute atomic E-state index is 0.00234. The summed E-state index contributed by atoms with van der Waals surface area (Å²) >= 11 is 12.1. The van der Waals surface area contributed by atoms with Crippen LogP contribution < -0.4 is 4.74 Å². The smallest absolute Gasteiger partial charge is 0.253 e. The Morgan fingerprint density at radius 2 is 1.77 bits per heavy atom. The SMILES string of the molecule is O=C(c1ccc(Cl)c(Cl)c1)N1CCC(C2Oc3ccccc3Cn3cccc32)CC1. The number of carbonyl (C=O) groups is 1. The summed E-state index contributed by atoms with van der Waals surface area (Å²) in [6.45, 7) is 2.22. The molecule has 30 heavy (non-hydrogen) atoms. The highest BCUT2D eigenvalue weighted by atomic mass is 35.5. The molecule has 0 aliphatic carbocycles. The second-order valence-corrected chi connectivity index (χ2v) is 8.78. The molecule has 0 N–H and O–H groups in total. The fourth-order valence-corrected chi connectivity index (χ4v) is 4.81. The van der Waals surface area contributed by atoms with E-state index in [9.17, 15) is 4.79 Å². The van der Waals surface area contributed by atoms with Crippen molar-refractivity contribution in [2.45, 2.75) is 25.5 Å². The van der Waals surface area contributed by atoms with Crippen molar-refractivity contribution in [2.24, 2.45) is 5.92 Å². The van der Waals surface area contributed by atoms with Gasteiger partial charge in [0.15, 0.2) is 0 Å². The Bertz CT molecular complexity index is 1090. The molecule has 2 aliphatic heterocycles. The third-order valence-electron chi connectivity index (χ3n) is 6.14. The second-order valence-electron chi connectivity index (χ2n) is 7.97. The van der Waals surface area contributed by atoms with Crippen molar-refractivity contribution in [3.05, 3.63) is 87.7 Å². The number of rotatable bonds is 2. The number of benzene rings is 2. The van der Waals surface area contributed by atoms with Crippen molar-refractivity contribution in [3.63, 3.8) is 0 Å². The van der Waals surface area contributed by atoms with Gasteiger partial charge in [-0.1, -0.05) is 41.4 Å². The summed E-state index contributed by atoms with van der Waals surface area (Å²) in [4.78, 5) is 14.8. The third-order valence-corrected chi connectivity index (χ3v) is 6.88. The molecule has 6 heteroatoms. The van der Waals surface area contributed by atoms with Crippen LogP contribution in [0.4, 0.5) is 0 Å². The van der Waals surface area contributed by atoms with Crippen molar-refractivity contribution in [3.8, 4) is 5.75 Å². The number of nitrogens with zero attached hydrogens (tertiary/aromatic N) is 2. The molecule has 0 bridgehead atoms. The molecule has 0 spiro atoms. The van der Waals surface area contributed by atoms with Gasteiger partial charge >= 0.3 is 0 Å². The predicted molar refractivity (Wildman–Crippen MR) is 118 cm³/mol. The van der Waals surface area contributed by atoms with Gasteiger partial charge < -0.3 is 14.2 Å². The van der Waals surface area contributed by atoms with E-state index in [0.29, 0.717) is 34.6 Å². The van der Waals surface area contributed by atoms with Gasteiger partial charge in [0.1, 0.15) is 11.9 Å². The van der Waals surface area contributed by atoms with E-state index in [1.807, 2.05) is 11.0 Å². The number of hydrogen-bond donors (Lipinski definition) is 0. The summed E-state index contributed by atoms with van der Waals surface area (Å²) < 4.78 is 8.82. The Morgan fingerprint density at radius 3 is 2.57 bits per heavy atom. The molecule has 5 rings (SSSR count). The molecule has 1 unspecified atom stereocenters. The van der Waals surface area contributed by atoms with Gasteiger partial charge in [0.2, 0.25) is 0 Å². The number of carbonyl (C=O) groups excluding carboxylic acids is 1. The number of halogens is 2. The quantitative estimate of drug-likeness (QED) is 0.502. The van der Waals surface area contributed by atoms with Crippen LogP contribution >= 0.6 is 23.2 Å². The van der Waals surface area contributed by atoms with E-state index in [0.717, 1.165) is 25.1 Å². The van der Waals surface area contributed by atoms with Crippen LogP contribution in [0, 0.1) is 5.92 Å². The molecule has 1 aromatic heterocycles. The van der Waals surface area contributed by atoms with Crippen molar-refractivity contribution < 1.29 is 9.53 Å². The van der Waals surface area contributed by atoms with Crippen LogP contribution in [0.25, 0.3) is 0 Å². The summed E-state index contributed by atoms with van der Waals surface area (Å²) in [5.74, 6) is 1.31. The van der Waals surface area contributed by atoms with Crippen LogP contribution in [0.2, 0.25) is 10.0 Å². The zero-order valence-corrected chi connectivity index (χ0v) is 17.9. The lowest BCUT2D eigenvalue weighted by Gasteiger charge is -2.36. The number of ether oxygens (including phenoxy) is 1. The fraction of sp³-hybridized carbons (Fsp3) is 0.292. The Balaban J connectivity index is 1.33. The highest BCUT2D eigenvalue weighted by Crippen LogP contribution is 2.39. The van der Waals surface area contributed by atoms with Gasteiger partial charge in [0.05, 0.1) is 22.3 Å². The topological polar surface area (TPSA) is 34.5 Å². The zero-order chi connectivity index (χ0) is 20.7. The summed E-state index contributed by atoms with van der Waals surface area (Å²) in [7, 11) is 0. The molecule has 0 saturated carbocycles. The average molecular weight is 441 g/mol. The van der Waals surface area contributed by atoms with Gasteiger partial charge in [-0.25, -0.2) is 0 Å². The van der Waals surface area contributed by atoms with Gasteiger partial charge in [0.25, 0.3) is 5.91 Å². The van der Waals surface area contributed by atoms with Crippen LogP contribution in [0.15, 0.2) is 60.8 Å². The van der Waals surface area contributed by atoms with E-state index < -0.39 is 0 Å². The van der Waals surface area contributed by atoms with Crippen molar-refractivity contribution in [1.82, 2.24) is 9.47 Å². The normalized spacial score (nSPS) is 18.9. The largest absolute Gasteiger partial charge is 0.484 e. The van der Waals surface area contributed by atoms with Crippen molar-refractivity contribution >= 4 is 29.1 Å². The van der Waals surface area contributed by atoms with Gasteiger partial charge in [-0.15, -0.1) is 0 Å². The first kappa shape index (κ1) is 19.5. The Hall–Kier alpha value is -2.43. The number of para-hydroxylation sites is 1. The number of hydrogen-bond acceptors (Lipinski definition) is 2. The monoisotopic (exact) mass is 440 g/mol. The molecule has 3 aromatic rings. The molecular formula is C24H22Cl2N2O2. The van der Waals surface area contributed by atoms with Crippen molar-refractivity contribution in [2.75, 3.05) is 13.1 Å². The highest BCUT2D eigenvalue weighted by molar-refractivity contribution is 6.42. The molecule has 3 heterocycles. The lowest BCUT2D eigenvalue weighted by atomic mass is 9.89. The van der Waals surface area contributed by atoms with Gasteiger partial charge in [-0.3, -0.25) is 4.79 Å². The number of piperidine rings is 1. The number of aromatic nitrogens is 1. The lowest BCUT2D eigenvalue weighted by Crippen LogP contribution is -2.40. The first-order valence-electron chi connectivity index (χ1n) is 10.2. The van der Waals surface area contributed by atoms with Crippen LogP contribution in [0.5, 0.6) is 5.75 Å². The number of likely N-dealkylation sites (tertiary alicyclic amines) is 1. The summed E-state index contributed by atoms with van der Waals surface area (Å²) in [5.41, 5.74) is 2.99. The Morgan fingerprint density at radius 1 is 0.967 bits per heavy atom. The predicted octanol–water partition coefficient (Wildman–Crippen LogP) is 5.83. The lowest BCUT2D eigenvalue weighted by molar-refractivity contribution is 0.0530. The van der Waals surface area contributed by atoms with Gasteiger partial charge in [-0.2, -0.15) is 0 Å². The minimum Gasteiger partial charge on any atom is -0.484 e. The fourth-order valence-electron chi connectivity index (χ4n) is 4.51. The molecule has 0 radical (unpaired) electrons. The third kappa shape index (κ3) is 3.59. The highest BCUT2D eigenvalue weighted by Gasteiger charge is 2.34. The van der Waals surface area contributed by atoms with E-state index in [4.69, 9.17) is 27.9 Å². The molecule has 2 aliphatic rings. The minimum atomic E-state index is -0.00845. The van der Waals surface area contributed by atoms with Crippen LogP contribution in [0.3, 0.4) is 0 Å². The van der Waals surface area contributed by atoms with Crippen molar-refractivity contribution in [1.29, 1.82) is 0 Å². The second kappa shape index (κ2) is 8.01. The number of amides is 1. The molecule has 4 nitrogen and oxygen atoms in total. The molecule has 1 atom stereocenters. The molecule has 1 amide bonds. The van der Waals surface area contributed by atoms with Crippen LogP contribution in [-0.4, -0.2) is 28.5 Å². The van der Waals surface area contributed by atoms with E-state index in [1.165, 1.54) is 11.3 Å². The average Bonchev–Trinajstić information content (AvgIpc) is 3.16. The van der Waals surface area contributed by atoms with E-state index >= 15 is 0 Å². The van der Waals surface area contributed by atoms with Gasteiger partial charge in [-0.05, 0) is 49.2 Å². The maximum atomic E-state index is 12.9. The molecule has 2 aromatic carbocycles. The Labute approximate surface area is 186 Å². The van der Waals surface area contributed by atoms with Gasteiger partial charge in [0, 0.05) is 36.3 Å². The summed E-state index contributed by atoms with van der Waals surface area (Å²) in [5, 5.41) is 0.865.